The summed E-state index contributed by atoms with van der Waals surface area (Å²) in [4.78, 5) is 10.5. The predicted octanol–water partition coefficient (Wildman–Crippen LogP) is -0.492. The third-order valence-electron chi connectivity index (χ3n) is 0.838. The predicted molar refractivity (Wildman–Crippen MR) is 37.1 cm³/mol. The Morgan fingerprint density at radius 2 is 2.22 bits per heavy atom. The van der Waals surface area contributed by atoms with E-state index in [1.807, 2.05) is 7.05 Å². The Bertz CT molecular complexity index is 110. The molecule has 0 aromatic heterocycles. The topological polar surface area (TPSA) is 41.1 Å². The number of rotatable bonds is 3. The quantitative estimate of drug-likeness (QED) is 0.503. The summed E-state index contributed by atoms with van der Waals surface area (Å²) >= 11 is 0. The Morgan fingerprint density at radius 1 is 1.56 bits per heavy atom. The lowest BCUT2D eigenvalue weighted by molar-refractivity contribution is -0.116. The molecule has 0 atom stereocenters. The van der Waals surface area contributed by atoms with Crippen LogP contribution in [0.2, 0.25) is 0 Å². The molecule has 0 aromatic rings. The fraction of sp³-hybridized carbons (Fsp3) is 0.500. The normalized spacial score (nSPS) is 10.0. The summed E-state index contributed by atoms with van der Waals surface area (Å²) in [6, 6.07) is 0. The van der Waals surface area contributed by atoms with Gasteiger partial charge in [0, 0.05) is 19.7 Å². The van der Waals surface area contributed by atoms with E-state index in [9.17, 15) is 4.79 Å². The van der Waals surface area contributed by atoms with E-state index in [2.05, 4.69) is 10.6 Å². The van der Waals surface area contributed by atoms with E-state index in [-0.39, 0.29) is 5.91 Å². The Kier molecular flexibility index (Phi) is 4.82. The van der Waals surface area contributed by atoms with Crippen LogP contribution in [0.5, 0.6) is 0 Å². The second kappa shape index (κ2) is 5.31. The van der Waals surface area contributed by atoms with Crippen LogP contribution in [0, 0.1) is 0 Å². The van der Waals surface area contributed by atoms with Gasteiger partial charge in [-0.05, 0) is 7.05 Å². The molecule has 1 amide bonds. The fourth-order valence-electron chi connectivity index (χ4n) is 0.367. The third-order valence-corrected chi connectivity index (χ3v) is 0.838. The van der Waals surface area contributed by atoms with Crippen molar-refractivity contribution >= 4 is 5.91 Å². The molecule has 3 heteroatoms. The maximum absolute atomic E-state index is 10.5. The number of nitrogens with one attached hydrogen (secondary N) is 2. The molecular formula is C6H12N2O. The van der Waals surface area contributed by atoms with Crippen LogP contribution in [-0.4, -0.2) is 26.5 Å². The molecular weight excluding hydrogens is 116 g/mol. The van der Waals surface area contributed by atoms with E-state index >= 15 is 0 Å². The largest absolute Gasteiger partial charge is 0.356 e. The van der Waals surface area contributed by atoms with Gasteiger partial charge in [-0.15, -0.1) is 0 Å². The number of hydrogen-bond acceptors (Lipinski definition) is 2. The van der Waals surface area contributed by atoms with Gasteiger partial charge in [-0.1, -0.05) is 6.08 Å². The van der Waals surface area contributed by atoms with Gasteiger partial charge >= 0.3 is 0 Å². The molecule has 0 heterocycles. The smallest absolute Gasteiger partial charge is 0.243 e. The van der Waals surface area contributed by atoms with Crippen molar-refractivity contribution < 1.29 is 4.79 Å². The molecule has 0 saturated heterocycles. The lowest BCUT2D eigenvalue weighted by Crippen LogP contribution is -2.15. The second-order valence-electron chi connectivity index (χ2n) is 1.57. The van der Waals surface area contributed by atoms with Crippen LogP contribution < -0.4 is 10.6 Å². The first-order chi connectivity index (χ1) is 4.31. The van der Waals surface area contributed by atoms with Crippen LogP contribution in [-0.2, 0) is 4.79 Å². The zero-order valence-electron chi connectivity index (χ0n) is 5.77. The molecule has 0 fully saturated rings. The molecule has 0 saturated carbocycles. The molecule has 0 aromatic carbocycles. The minimum absolute atomic E-state index is 0.0646. The van der Waals surface area contributed by atoms with Gasteiger partial charge in [-0.2, -0.15) is 0 Å². The SMILES string of the molecule is CNCC=CC(=O)NC. The first-order valence-electron chi connectivity index (χ1n) is 2.84. The number of carbonyl (C=O) groups excluding carboxylic acids is 1. The Hall–Kier alpha value is -0.830. The van der Waals surface area contributed by atoms with Crippen molar-refractivity contribution in [2.24, 2.45) is 0 Å². The molecule has 0 bridgehead atoms. The highest BCUT2D eigenvalue weighted by molar-refractivity contribution is 5.87. The fourth-order valence-corrected chi connectivity index (χ4v) is 0.367. The van der Waals surface area contributed by atoms with E-state index in [1.165, 1.54) is 6.08 Å². The summed E-state index contributed by atoms with van der Waals surface area (Å²) in [6.07, 6.45) is 3.26. The van der Waals surface area contributed by atoms with Crippen LogP contribution in [0.3, 0.4) is 0 Å². The van der Waals surface area contributed by atoms with Gasteiger partial charge in [0.1, 0.15) is 0 Å². The molecule has 2 N–H and O–H groups in total. The minimum atomic E-state index is -0.0646. The molecule has 9 heavy (non-hydrogen) atoms. The minimum Gasteiger partial charge on any atom is -0.356 e. The summed E-state index contributed by atoms with van der Waals surface area (Å²) in [5, 5.41) is 5.35. The van der Waals surface area contributed by atoms with Gasteiger partial charge in [0.2, 0.25) is 5.91 Å². The van der Waals surface area contributed by atoms with E-state index in [1.54, 1.807) is 13.1 Å². The van der Waals surface area contributed by atoms with Gasteiger partial charge in [0.25, 0.3) is 0 Å². The van der Waals surface area contributed by atoms with Crippen LogP contribution in [0.15, 0.2) is 12.2 Å². The summed E-state index contributed by atoms with van der Waals surface area (Å²) in [5.74, 6) is -0.0646. The standard InChI is InChI=1S/C6H12N2O/c1-7-5-3-4-6(9)8-2/h3-4,7H,5H2,1-2H3,(H,8,9). The molecule has 0 aliphatic carbocycles. The monoisotopic (exact) mass is 128 g/mol. The molecule has 52 valence electrons. The molecule has 0 aliphatic rings. The number of amides is 1. The lowest BCUT2D eigenvalue weighted by atomic mass is 10.5. The average Bonchev–Trinajstić information content (AvgIpc) is 1.89. The van der Waals surface area contributed by atoms with Crippen molar-refractivity contribution in [2.75, 3.05) is 20.6 Å². The molecule has 0 rings (SSSR count). The van der Waals surface area contributed by atoms with Gasteiger partial charge < -0.3 is 10.6 Å². The molecule has 0 spiro atoms. The first kappa shape index (κ1) is 8.17. The van der Waals surface area contributed by atoms with Crippen molar-refractivity contribution in [1.82, 2.24) is 10.6 Å². The summed E-state index contributed by atoms with van der Waals surface area (Å²) in [7, 11) is 3.43. The van der Waals surface area contributed by atoms with Gasteiger partial charge in [-0.3, -0.25) is 4.79 Å². The number of likely N-dealkylation sites (N-methyl/N-ethyl adjacent to an activating group) is 2. The van der Waals surface area contributed by atoms with E-state index in [4.69, 9.17) is 0 Å². The molecule has 0 unspecified atom stereocenters. The molecule has 3 nitrogen and oxygen atoms in total. The van der Waals surface area contributed by atoms with Gasteiger partial charge in [-0.25, -0.2) is 0 Å². The van der Waals surface area contributed by atoms with Gasteiger partial charge in [0.15, 0.2) is 0 Å². The molecule has 0 radical (unpaired) electrons. The zero-order valence-corrected chi connectivity index (χ0v) is 5.77. The summed E-state index contributed by atoms with van der Waals surface area (Å²) in [5.41, 5.74) is 0. The highest BCUT2D eigenvalue weighted by atomic mass is 16.1. The van der Waals surface area contributed by atoms with Crippen molar-refractivity contribution in [3.05, 3.63) is 12.2 Å². The number of carbonyl (C=O) groups is 1. The van der Waals surface area contributed by atoms with Crippen molar-refractivity contribution in [2.45, 2.75) is 0 Å². The average molecular weight is 128 g/mol. The van der Waals surface area contributed by atoms with Crippen molar-refractivity contribution in [3.8, 4) is 0 Å². The van der Waals surface area contributed by atoms with Crippen LogP contribution in [0.25, 0.3) is 0 Å². The van der Waals surface area contributed by atoms with Crippen molar-refractivity contribution in [3.63, 3.8) is 0 Å². The first-order valence-corrected chi connectivity index (χ1v) is 2.84. The summed E-state index contributed by atoms with van der Waals surface area (Å²) < 4.78 is 0. The second-order valence-corrected chi connectivity index (χ2v) is 1.57. The summed E-state index contributed by atoms with van der Waals surface area (Å²) in [6.45, 7) is 0.730. The maximum Gasteiger partial charge on any atom is 0.243 e. The molecule has 0 aliphatic heterocycles. The van der Waals surface area contributed by atoms with Crippen LogP contribution >= 0.6 is 0 Å². The maximum atomic E-state index is 10.5. The van der Waals surface area contributed by atoms with E-state index < -0.39 is 0 Å². The van der Waals surface area contributed by atoms with Crippen LogP contribution in [0.4, 0.5) is 0 Å². The number of hydrogen-bond donors (Lipinski definition) is 2. The van der Waals surface area contributed by atoms with E-state index in [0.29, 0.717) is 0 Å². The highest BCUT2D eigenvalue weighted by Crippen LogP contribution is 1.68. The van der Waals surface area contributed by atoms with E-state index in [0.717, 1.165) is 6.54 Å². The third kappa shape index (κ3) is 5.03. The van der Waals surface area contributed by atoms with Crippen molar-refractivity contribution in [1.29, 1.82) is 0 Å². The lowest BCUT2D eigenvalue weighted by Gasteiger charge is -1.88. The zero-order chi connectivity index (χ0) is 7.11. The Morgan fingerprint density at radius 3 is 2.67 bits per heavy atom. The van der Waals surface area contributed by atoms with Gasteiger partial charge in [0.05, 0.1) is 0 Å². The Labute approximate surface area is 55.1 Å². The van der Waals surface area contributed by atoms with Crippen LogP contribution in [0.1, 0.15) is 0 Å². The highest BCUT2D eigenvalue weighted by Gasteiger charge is 1.83. The Balaban J connectivity index is 3.32.